The van der Waals surface area contributed by atoms with Crippen LogP contribution in [0.4, 0.5) is 20.7 Å². The molecule has 4 rings (SSSR count). The van der Waals surface area contributed by atoms with E-state index in [0.29, 0.717) is 28.5 Å². The van der Waals surface area contributed by atoms with Crippen LogP contribution in [-0.2, 0) is 5.41 Å². The molecule has 3 N–H and O–H groups in total. The summed E-state index contributed by atoms with van der Waals surface area (Å²) in [5, 5.41) is 21.6. The van der Waals surface area contributed by atoms with Crippen LogP contribution in [-0.4, -0.2) is 33.8 Å². The molecule has 4 aromatic rings. The van der Waals surface area contributed by atoms with Crippen molar-refractivity contribution < 1.29 is 18.7 Å². The highest BCUT2D eigenvalue weighted by atomic mass is 19.1. The zero-order valence-electron chi connectivity index (χ0n) is 21.7. The molecule has 0 aliphatic rings. The van der Waals surface area contributed by atoms with Crippen LogP contribution in [0.2, 0.25) is 0 Å². The summed E-state index contributed by atoms with van der Waals surface area (Å²) >= 11 is 0. The predicted octanol–water partition coefficient (Wildman–Crippen LogP) is 5.37. The van der Waals surface area contributed by atoms with Gasteiger partial charge in [-0.3, -0.25) is 15.1 Å². The Hall–Kier alpha value is -5.24. The molecule has 2 heterocycles. The van der Waals surface area contributed by atoms with Crippen molar-refractivity contribution in [1.82, 2.24) is 20.1 Å². The van der Waals surface area contributed by atoms with Gasteiger partial charge in [0.1, 0.15) is 28.8 Å². The molecule has 0 bridgehead atoms. The first-order chi connectivity index (χ1) is 18.6. The molecule has 0 saturated heterocycles. The number of urea groups is 1. The van der Waals surface area contributed by atoms with Crippen molar-refractivity contribution in [2.45, 2.75) is 26.2 Å². The molecule has 39 heavy (non-hydrogen) atoms. The Morgan fingerprint density at radius 3 is 2.49 bits per heavy atom. The topological polar surface area (TPSA) is 134 Å². The lowest BCUT2D eigenvalue weighted by Crippen LogP contribution is -2.22. The van der Waals surface area contributed by atoms with Gasteiger partial charge in [0.15, 0.2) is 0 Å². The molecule has 198 valence electrons. The number of carbonyl (C=O) groups is 2. The third-order valence-corrected chi connectivity index (χ3v) is 5.55. The summed E-state index contributed by atoms with van der Waals surface area (Å²) in [6.07, 6.45) is 1.41. The van der Waals surface area contributed by atoms with Crippen LogP contribution in [0.25, 0.3) is 5.69 Å². The fourth-order valence-corrected chi connectivity index (χ4v) is 3.53. The number of nitrogens with zero attached hydrogens (tertiary/aromatic N) is 4. The van der Waals surface area contributed by atoms with Gasteiger partial charge in [0, 0.05) is 36.9 Å². The Bertz CT molecular complexity index is 1580. The van der Waals surface area contributed by atoms with Crippen LogP contribution in [0.15, 0.2) is 66.9 Å². The zero-order chi connectivity index (χ0) is 28.2. The van der Waals surface area contributed by atoms with Gasteiger partial charge in [0.05, 0.1) is 28.7 Å². The average Bonchev–Trinajstić information content (AvgIpc) is 3.34. The normalized spacial score (nSPS) is 10.9. The van der Waals surface area contributed by atoms with E-state index < -0.39 is 11.8 Å². The number of nitriles is 1. The van der Waals surface area contributed by atoms with E-state index in [1.165, 1.54) is 42.2 Å². The lowest BCUT2D eigenvalue weighted by molar-refractivity contribution is 0.0957. The number of hydrogen-bond acceptors (Lipinski definition) is 6. The van der Waals surface area contributed by atoms with Gasteiger partial charge in [0.25, 0.3) is 5.91 Å². The molecule has 2 aromatic carbocycles. The maximum absolute atomic E-state index is 14.9. The van der Waals surface area contributed by atoms with Crippen LogP contribution < -0.4 is 20.7 Å². The first-order valence-corrected chi connectivity index (χ1v) is 11.9. The molecule has 0 aliphatic carbocycles. The Morgan fingerprint density at radius 2 is 1.79 bits per heavy atom. The van der Waals surface area contributed by atoms with Gasteiger partial charge in [-0.15, -0.1) is 0 Å². The molecular weight excluding hydrogens is 501 g/mol. The van der Waals surface area contributed by atoms with E-state index in [4.69, 9.17) is 4.74 Å². The number of anilines is 2. The minimum atomic E-state index is -0.728. The van der Waals surface area contributed by atoms with Crippen molar-refractivity contribution in [2.24, 2.45) is 0 Å². The summed E-state index contributed by atoms with van der Waals surface area (Å²) < 4.78 is 22.0. The van der Waals surface area contributed by atoms with Gasteiger partial charge in [-0.1, -0.05) is 26.8 Å². The minimum absolute atomic E-state index is 0.0748. The van der Waals surface area contributed by atoms with Gasteiger partial charge in [-0.05, 0) is 36.4 Å². The van der Waals surface area contributed by atoms with E-state index in [2.05, 4.69) is 32.1 Å². The zero-order valence-corrected chi connectivity index (χ0v) is 21.7. The number of benzene rings is 2. The van der Waals surface area contributed by atoms with Crippen LogP contribution >= 0.6 is 0 Å². The third kappa shape index (κ3) is 6.37. The average molecular weight is 528 g/mol. The van der Waals surface area contributed by atoms with E-state index in [1.54, 1.807) is 30.3 Å². The van der Waals surface area contributed by atoms with Crippen LogP contribution in [0.3, 0.4) is 0 Å². The molecule has 11 heteroatoms. The van der Waals surface area contributed by atoms with E-state index in [1.807, 2.05) is 20.8 Å². The monoisotopic (exact) mass is 527 g/mol. The van der Waals surface area contributed by atoms with Gasteiger partial charge < -0.3 is 15.4 Å². The van der Waals surface area contributed by atoms with E-state index >= 15 is 0 Å². The predicted molar refractivity (Wildman–Crippen MR) is 144 cm³/mol. The van der Waals surface area contributed by atoms with Crippen molar-refractivity contribution in [3.8, 4) is 23.3 Å². The fraction of sp³-hybridized carbons (Fsp3) is 0.179. The highest BCUT2D eigenvalue weighted by Gasteiger charge is 2.22. The van der Waals surface area contributed by atoms with Crippen molar-refractivity contribution in [2.75, 3.05) is 17.7 Å². The van der Waals surface area contributed by atoms with Gasteiger partial charge in [0.2, 0.25) is 0 Å². The maximum atomic E-state index is 14.9. The van der Waals surface area contributed by atoms with Gasteiger partial charge in [-0.2, -0.15) is 10.4 Å². The molecular formula is C28H26FN7O3. The lowest BCUT2D eigenvalue weighted by Gasteiger charge is -2.14. The molecule has 0 saturated carbocycles. The van der Waals surface area contributed by atoms with Crippen LogP contribution in [0.5, 0.6) is 11.5 Å². The van der Waals surface area contributed by atoms with E-state index in [0.717, 1.165) is 6.07 Å². The number of carbonyl (C=O) groups excluding carboxylic acids is 2. The molecule has 0 spiro atoms. The van der Waals surface area contributed by atoms with Gasteiger partial charge in [-0.25, -0.2) is 13.9 Å². The quantitative estimate of drug-likeness (QED) is 0.309. The maximum Gasteiger partial charge on any atom is 0.324 e. The first-order valence-electron chi connectivity index (χ1n) is 11.9. The third-order valence-electron chi connectivity index (χ3n) is 5.55. The Balaban J connectivity index is 1.52. The second-order valence-corrected chi connectivity index (χ2v) is 9.52. The van der Waals surface area contributed by atoms with Crippen LogP contribution in [0, 0.1) is 17.1 Å². The standard InChI is InChI=1S/C28H26FN7O3/c1-28(2,3)24-15-25(36(35-24)18-7-5-6-17(12-18)16-30)34-27(38)33-22-9-8-19(13-21(22)29)39-20-10-11-32-23(14-20)26(37)31-4/h5-15H,1-4H3,(H,31,37)(H2,33,34,38). The highest BCUT2D eigenvalue weighted by Crippen LogP contribution is 2.28. The Kier molecular flexibility index (Phi) is 7.58. The van der Waals surface area contributed by atoms with Crippen molar-refractivity contribution in [3.63, 3.8) is 0 Å². The smallest absolute Gasteiger partial charge is 0.324 e. The lowest BCUT2D eigenvalue weighted by atomic mass is 9.92. The largest absolute Gasteiger partial charge is 0.457 e. The summed E-state index contributed by atoms with van der Waals surface area (Å²) in [5.74, 6) is -0.306. The summed E-state index contributed by atoms with van der Waals surface area (Å²) in [5.41, 5.74) is 1.50. The summed E-state index contributed by atoms with van der Waals surface area (Å²) in [4.78, 5) is 28.6. The summed E-state index contributed by atoms with van der Waals surface area (Å²) in [7, 11) is 1.48. The van der Waals surface area contributed by atoms with Crippen molar-refractivity contribution in [1.29, 1.82) is 5.26 Å². The molecule has 0 unspecified atom stereocenters. The second-order valence-electron chi connectivity index (χ2n) is 9.52. The van der Waals surface area contributed by atoms with Crippen molar-refractivity contribution >= 4 is 23.4 Å². The summed E-state index contributed by atoms with van der Waals surface area (Å²) in [6, 6.07) is 16.9. The SMILES string of the molecule is CNC(=O)c1cc(Oc2ccc(NC(=O)Nc3cc(C(C)(C)C)nn3-c3cccc(C#N)c3)c(F)c2)ccn1. The van der Waals surface area contributed by atoms with E-state index in [-0.39, 0.29) is 28.5 Å². The van der Waals surface area contributed by atoms with E-state index in [9.17, 15) is 19.2 Å². The molecule has 0 fully saturated rings. The number of nitrogens with one attached hydrogen (secondary N) is 3. The number of ether oxygens (including phenoxy) is 1. The minimum Gasteiger partial charge on any atom is -0.457 e. The van der Waals surface area contributed by atoms with Crippen LogP contribution in [0.1, 0.15) is 42.5 Å². The molecule has 2 aromatic heterocycles. The number of amides is 3. The molecule has 10 nitrogen and oxygen atoms in total. The molecule has 0 atom stereocenters. The summed E-state index contributed by atoms with van der Waals surface area (Å²) in [6.45, 7) is 5.96. The highest BCUT2D eigenvalue weighted by molar-refractivity contribution is 5.99. The number of halogens is 1. The Labute approximate surface area is 224 Å². The van der Waals surface area contributed by atoms with Crippen molar-refractivity contribution in [3.05, 3.63) is 89.6 Å². The second kappa shape index (κ2) is 11.0. The molecule has 0 radical (unpaired) electrons. The number of hydrogen-bond donors (Lipinski definition) is 3. The Morgan fingerprint density at radius 1 is 1.03 bits per heavy atom. The number of rotatable bonds is 6. The fourth-order valence-electron chi connectivity index (χ4n) is 3.53. The number of aromatic nitrogens is 3. The first kappa shape index (κ1) is 26.8. The van der Waals surface area contributed by atoms with Gasteiger partial charge >= 0.3 is 6.03 Å². The number of pyridine rings is 1. The molecule has 3 amide bonds. The molecule has 0 aliphatic heterocycles.